The molecule has 0 saturated carbocycles. The second kappa shape index (κ2) is 6.05. The van der Waals surface area contributed by atoms with Crippen LogP contribution in [0.2, 0.25) is 0 Å². The average molecular weight is 219 g/mol. The molecule has 0 spiro atoms. The van der Waals surface area contributed by atoms with Gasteiger partial charge in [-0.25, -0.2) is 0 Å². The Bertz CT molecular complexity index is 300. The van der Waals surface area contributed by atoms with Crippen molar-refractivity contribution in [2.45, 2.75) is 46.1 Å². The van der Waals surface area contributed by atoms with Crippen LogP contribution in [0.25, 0.3) is 0 Å². The molecule has 16 heavy (non-hydrogen) atoms. The molecule has 1 heteroatoms. The lowest BCUT2D eigenvalue weighted by Gasteiger charge is -2.29. The molecule has 0 radical (unpaired) electrons. The van der Waals surface area contributed by atoms with E-state index in [9.17, 15) is 0 Å². The summed E-state index contributed by atoms with van der Waals surface area (Å²) in [4.78, 5) is 0. The van der Waals surface area contributed by atoms with Gasteiger partial charge in [0.1, 0.15) is 0 Å². The molecule has 1 aromatic rings. The molecule has 0 amide bonds. The first kappa shape index (κ1) is 13.2. The van der Waals surface area contributed by atoms with E-state index in [4.69, 9.17) is 0 Å². The lowest BCUT2D eigenvalue weighted by molar-refractivity contribution is 0.355. The Morgan fingerprint density at radius 3 is 2.06 bits per heavy atom. The normalized spacial score (nSPS) is 15.1. The van der Waals surface area contributed by atoms with Gasteiger partial charge in [-0.15, -0.1) is 0 Å². The number of hydrogen-bond acceptors (Lipinski definition) is 1. The van der Waals surface area contributed by atoms with Crippen LogP contribution in [0.1, 0.15) is 44.2 Å². The zero-order valence-electron chi connectivity index (χ0n) is 11.2. The van der Waals surface area contributed by atoms with Crippen molar-refractivity contribution in [1.29, 1.82) is 0 Å². The first-order valence-corrected chi connectivity index (χ1v) is 6.34. The van der Waals surface area contributed by atoms with Crippen LogP contribution >= 0.6 is 0 Å². The number of hydrogen-bond donors (Lipinski definition) is 1. The fourth-order valence-electron chi connectivity index (χ4n) is 2.51. The fraction of sp³-hybridized carbons (Fsp3) is 0.600. The Labute approximate surface area is 100 Å². The number of nitrogens with one attached hydrogen (secondary N) is 1. The number of likely N-dealkylation sites (N-methyl/N-ethyl adjacent to an activating group) is 1. The van der Waals surface area contributed by atoms with Crippen LogP contribution in [0.3, 0.4) is 0 Å². The van der Waals surface area contributed by atoms with Crippen LogP contribution in [-0.4, -0.2) is 13.1 Å². The summed E-state index contributed by atoms with van der Waals surface area (Å²) in [7, 11) is 2.07. The van der Waals surface area contributed by atoms with Gasteiger partial charge in [0.2, 0.25) is 0 Å². The van der Waals surface area contributed by atoms with Gasteiger partial charge in [-0.1, -0.05) is 50.6 Å². The van der Waals surface area contributed by atoms with Gasteiger partial charge < -0.3 is 5.32 Å². The van der Waals surface area contributed by atoms with Crippen molar-refractivity contribution in [1.82, 2.24) is 5.32 Å². The predicted octanol–water partition coefficient (Wildman–Crippen LogP) is 3.73. The fourth-order valence-corrected chi connectivity index (χ4v) is 2.51. The average Bonchev–Trinajstić information content (AvgIpc) is 2.26. The highest BCUT2D eigenvalue weighted by Gasteiger charge is 2.22. The molecule has 0 aromatic heterocycles. The van der Waals surface area contributed by atoms with Gasteiger partial charge in [-0.3, -0.25) is 0 Å². The minimum atomic E-state index is 0.563. The SMILES string of the molecule is CCC(c1ccc(C)cc1)C(NC)C(C)C. The zero-order valence-corrected chi connectivity index (χ0v) is 11.2. The molecule has 0 aliphatic carbocycles. The van der Waals surface area contributed by atoms with E-state index in [2.05, 4.69) is 64.3 Å². The highest BCUT2D eigenvalue weighted by atomic mass is 14.9. The largest absolute Gasteiger partial charge is 0.316 e. The van der Waals surface area contributed by atoms with Crippen molar-refractivity contribution < 1.29 is 0 Å². The molecule has 0 heterocycles. The van der Waals surface area contributed by atoms with Crippen molar-refractivity contribution >= 4 is 0 Å². The molecule has 0 bridgehead atoms. The Balaban J connectivity index is 2.92. The van der Waals surface area contributed by atoms with Crippen LogP contribution in [0, 0.1) is 12.8 Å². The van der Waals surface area contributed by atoms with E-state index in [0.29, 0.717) is 17.9 Å². The summed E-state index contributed by atoms with van der Waals surface area (Å²) in [6.45, 7) is 9.00. The molecule has 1 N–H and O–H groups in total. The second-order valence-corrected chi connectivity index (χ2v) is 4.98. The van der Waals surface area contributed by atoms with Gasteiger partial charge in [0.25, 0.3) is 0 Å². The maximum atomic E-state index is 3.47. The van der Waals surface area contributed by atoms with Gasteiger partial charge in [-0.05, 0) is 37.8 Å². The van der Waals surface area contributed by atoms with Crippen molar-refractivity contribution in [2.24, 2.45) is 5.92 Å². The summed E-state index contributed by atoms with van der Waals surface area (Å²) in [6, 6.07) is 9.54. The molecule has 0 aliphatic heterocycles. The number of aryl methyl sites for hydroxylation is 1. The molecule has 1 rings (SSSR count). The number of rotatable bonds is 5. The number of benzene rings is 1. The van der Waals surface area contributed by atoms with E-state index in [-0.39, 0.29) is 0 Å². The van der Waals surface area contributed by atoms with E-state index in [0.717, 1.165) is 0 Å². The van der Waals surface area contributed by atoms with E-state index < -0.39 is 0 Å². The Morgan fingerprint density at radius 1 is 1.12 bits per heavy atom. The van der Waals surface area contributed by atoms with E-state index >= 15 is 0 Å². The van der Waals surface area contributed by atoms with Crippen molar-refractivity contribution in [3.05, 3.63) is 35.4 Å². The monoisotopic (exact) mass is 219 g/mol. The maximum absolute atomic E-state index is 3.47. The summed E-state index contributed by atoms with van der Waals surface area (Å²) in [6.07, 6.45) is 1.19. The third-order valence-electron chi connectivity index (χ3n) is 3.43. The van der Waals surface area contributed by atoms with Crippen LogP contribution in [-0.2, 0) is 0 Å². The highest BCUT2D eigenvalue weighted by Crippen LogP contribution is 2.27. The van der Waals surface area contributed by atoms with Crippen molar-refractivity contribution in [3.63, 3.8) is 0 Å². The molecule has 1 nitrogen and oxygen atoms in total. The Morgan fingerprint density at radius 2 is 1.69 bits per heavy atom. The standard InChI is InChI=1S/C15H25N/c1-6-14(15(16-5)11(2)3)13-9-7-12(4)8-10-13/h7-11,14-16H,6H2,1-5H3. The van der Waals surface area contributed by atoms with E-state index in [1.54, 1.807) is 0 Å². The first-order chi connectivity index (χ1) is 7.60. The lowest BCUT2D eigenvalue weighted by Crippen LogP contribution is -2.36. The maximum Gasteiger partial charge on any atom is 0.0156 e. The third-order valence-corrected chi connectivity index (χ3v) is 3.43. The molecule has 0 aliphatic rings. The van der Waals surface area contributed by atoms with Crippen LogP contribution in [0.5, 0.6) is 0 Å². The molecule has 2 atom stereocenters. The smallest absolute Gasteiger partial charge is 0.0156 e. The van der Waals surface area contributed by atoms with Gasteiger partial charge in [0.15, 0.2) is 0 Å². The van der Waals surface area contributed by atoms with Gasteiger partial charge >= 0.3 is 0 Å². The minimum Gasteiger partial charge on any atom is -0.316 e. The van der Waals surface area contributed by atoms with Crippen LogP contribution in [0.4, 0.5) is 0 Å². The summed E-state index contributed by atoms with van der Waals surface area (Å²) >= 11 is 0. The quantitative estimate of drug-likeness (QED) is 0.795. The molecule has 0 saturated heterocycles. The Kier molecular flexibility index (Phi) is 5.01. The first-order valence-electron chi connectivity index (χ1n) is 6.34. The van der Waals surface area contributed by atoms with Crippen molar-refractivity contribution in [2.75, 3.05) is 7.05 Å². The second-order valence-electron chi connectivity index (χ2n) is 4.98. The summed E-state index contributed by atoms with van der Waals surface area (Å²) in [5.41, 5.74) is 2.80. The van der Waals surface area contributed by atoms with Gasteiger partial charge in [0, 0.05) is 6.04 Å². The van der Waals surface area contributed by atoms with E-state index in [1.165, 1.54) is 17.5 Å². The minimum absolute atomic E-state index is 0.563. The van der Waals surface area contributed by atoms with Crippen LogP contribution in [0.15, 0.2) is 24.3 Å². The third kappa shape index (κ3) is 3.08. The van der Waals surface area contributed by atoms with Gasteiger partial charge in [-0.2, -0.15) is 0 Å². The zero-order chi connectivity index (χ0) is 12.1. The predicted molar refractivity (Wildman–Crippen MR) is 71.9 cm³/mol. The summed E-state index contributed by atoms with van der Waals surface area (Å²) < 4.78 is 0. The lowest BCUT2D eigenvalue weighted by atomic mass is 9.83. The molecule has 1 aromatic carbocycles. The molecule has 0 fully saturated rings. The molecular weight excluding hydrogens is 194 g/mol. The highest BCUT2D eigenvalue weighted by molar-refractivity contribution is 5.25. The van der Waals surface area contributed by atoms with E-state index in [1.807, 2.05) is 0 Å². The van der Waals surface area contributed by atoms with Crippen LogP contribution < -0.4 is 5.32 Å². The molecular formula is C15H25N. The molecule has 90 valence electrons. The topological polar surface area (TPSA) is 12.0 Å². The summed E-state index contributed by atoms with van der Waals surface area (Å²) in [5, 5.41) is 3.47. The summed E-state index contributed by atoms with van der Waals surface area (Å²) in [5.74, 6) is 1.28. The van der Waals surface area contributed by atoms with Crippen molar-refractivity contribution in [3.8, 4) is 0 Å². The Hall–Kier alpha value is -0.820. The molecule has 2 unspecified atom stereocenters. The van der Waals surface area contributed by atoms with Gasteiger partial charge in [0.05, 0.1) is 0 Å².